The highest BCUT2D eigenvalue weighted by Crippen LogP contribution is 2.23. The van der Waals surface area contributed by atoms with Crippen LogP contribution in [0.1, 0.15) is 26.4 Å². The summed E-state index contributed by atoms with van der Waals surface area (Å²) in [5, 5.41) is 9.00. The van der Waals surface area contributed by atoms with Crippen molar-refractivity contribution in [3.8, 4) is 0 Å². The number of hydrogen-bond acceptors (Lipinski definition) is 5. The Hall–Kier alpha value is -3.45. The number of H-pyrrole nitrogens is 1. The van der Waals surface area contributed by atoms with Crippen LogP contribution in [0.25, 0.3) is 0 Å². The first kappa shape index (κ1) is 18.3. The van der Waals surface area contributed by atoms with E-state index in [1.54, 1.807) is 36.4 Å². The molecule has 27 heavy (non-hydrogen) atoms. The zero-order valence-corrected chi connectivity index (χ0v) is 14.7. The Balaban J connectivity index is 1.72. The first-order chi connectivity index (χ1) is 13.0. The topological polar surface area (TPSA) is 101 Å². The van der Waals surface area contributed by atoms with Crippen LogP contribution in [0.2, 0.25) is 5.02 Å². The highest BCUT2D eigenvalue weighted by atomic mass is 35.5. The Morgan fingerprint density at radius 3 is 2.56 bits per heavy atom. The summed E-state index contributed by atoms with van der Waals surface area (Å²) < 4.78 is 4.90. The van der Waals surface area contributed by atoms with E-state index in [1.165, 1.54) is 24.4 Å². The average Bonchev–Trinajstić information content (AvgIpc) is 3.22. The van der Waals surface area contributed by atoms with E-state index in [0.717, 1.165) is 0 Å². The van der Waals surface area contributed by atoms with Gasteiger partial charge in [-0.1, -0.05) is 41.9 Å². The molecule has 1 amide bonds. The van der Waals surface area contributed by atoms with Gasteiger partial charge in [0.2, 0.25) is 0 Å². The van der Waals surface area contributed by atoms with Gasteiger partial charge in [-0.2, -0.15) is 5.10 Å². The zero-order valence-electron chi connectivity index (χ0n) is 13.9. The molecule has 0 spiro atoms. The molecule has 0 atom stereocenters. The predicted molar refractivity (Wildman–Crippen MR) is 98.8 cm³/mol. The van der Waals surface area contributed by atoms with Crippen molar-refractivity contribution in [1.82, 2.24) is 10.2 Å². The van der Waals surface area contributed by atoms with Gasteiger partial charge < -0.3 is 10.1 Å². The molecular formula is C19H14ClN3O4. The SMILES string of the molecule is O=C(COC(=O)c1ccn[nH]1)Nc1ccc(Cl)cc1C(=O)c1ccccc1. The number of carbonyl (C=O) groups excluding carboxylic acids is 3. The summed E-state index contributed by atoms with van der Waals surface area (Å²) in [6.07, 6.45) is 1.39. The van der Waals surface area contributed by atoms with Crippen molar-refractivity contribution in [2.24, 2.45) is 0 Å². The lowest BCUT2D eigenvalue weighted by Gasteiger charge is -2.11. The van der Waals surface area contributed by atoms with Crippen molar-refractivity contribution in [3.63, 3.8) is 0 Å². The number of esters is 1. The minimum absolute atomic E-state index is 0.134. The third kappa shape index (κ3) is 4.59. The van der Waals surface area contributed by atoms with E-state index in [9.17, 15) is 14.4 Å². The predicted octanol–water partition coefficient (Wildman–Crippen LogP) is 3.09. The largest absolute Gasteiger partial charge is 0.451 e. The number of ketones is 1. The molecule has 0 aliphatic rings. The molecule has 0 saturated heterocycles. The fourth-order valence-corrected chi connectivity index (χ4v) is 2.50. The number of anilines is 1. The second kappa shape index (κ2) is 8.29. The maximum Gasteiger partial charge on any atom is 0.356 e. The van der Waals surface area contributed by atoms with Gasteiger partial charge in [0.25, 0.3) is 5.91 Å². The molecule has 1 aromatic heterocycles. The van der Waals surface area contributed by atoms with Gasteiger partial charge in [-0.3, -0.25) is 14.7 Å². The van der Waals surface area contributed by atoms with Crippen molar-refractivity contribution in [2.45, 2.75) is 0 Å². The third-order valence-corrected chi connectivity index (χ3v) is 3.83. The smallest absolute Gasteiger partial charge is 0.356 e. The number of halogens is 1. The van der Waals surface area contributed by atoms with Crippen LogP contribution in [0.4, 0.5) is 5.69 Å². The van der Waals surface area contributed by atoms with Crippen LogP contribution in [-0.2, 0) is 9.53 Å². The summed E-state index contributed by atoms with van der Waals surface area (Å²) in [6.45, 7) is -0.514. The number of ether oxygens (including phenoxy) is 1. The van der Waals surface area contributed by atoms with Crippen molar-refractivity contribution in [2.75, 3.05) is 11.9 Å². The zero-order chi connectivity index (χ0) is 19.2. The lowest BCUT2D eigenvalue weighted by molar-refractivity contribution is -0.119. The van der Waals surface area contributed by atoms with E-state index in [1.807, 2.05) is 0 Å². The maximum absolute atomic E-state index is 12.7. The molecule has 0 radical (unpaired) electrons. The first-order valence-electron chi connectivity index (χ1n) is 7.90. The monoisotopic (exact) mass is 383 g/mol. The van der Waals surface area contributed by atoms with Gasteiger partial charge in [0, 0.05) is 22.3 Å². The normalized spacial score (nSPS) is 10.3. The molecule has 0 fully saturated rings. The molecule has 8 heteroatoms. The van der Waals surface area contributed by atoms with Gasteiger partial charge in [-0.25, -0.2) is 4.79 Å². The highest BCUT2D eigenvalue weighted by molar-refractivity contribution is 6.31. The average molecular weight is 384 g/mol. The number of aromatic amines is 1. The number of nitrogens with one attached hydrogen (secondary N) is 2. The number of carbonyl (C=O) groups is 3. The minimum atomic E-state index is -0.709. The van der Waals surface area contributed by atoms with Crippen LogP contribution >= 0.6 is 11.6 Å². The molecule has 7 nitrogen and oxygen atoms in total. The quantitative estimate of drug-likeness (QED) is 0.503. The highest BCUT2D eigenvalue weighted by Gasteiger charge is 2.17. The van der Waals surface area contributed by atoms with Crippen molar-refractivity contribution in [3.05, 3.63) is 82.6 Å². The summed E-state index contributed by atoms with van der Waals surface area (Å²) in [5.41, 5.74) is 1.10. The van der Waals surface area contributed by atoms with Crippen LogP contribution < -0.4 is 5.32 Å². The van der Waals surface area contributed by atoms with E-state index in [0.29, 0.717) is 10.6 Å². The number of nitrogens with zero attached hydrogens (tertiary/aromatic N) is 1. The van der Waals surface area contributed by atoms with Gasteiger partial charge in [-0.15, -0.1) is 0 Å². The lowest BCUT2D eigenvalue weighted by atomic mass is 10.0. The Morgan fingerprint density at radius 1 is 1.07 bits per heavy atom. The van der Waals surface area contributed by atoms with Crippen LogP contribution in [-0.4, -0.2) is 34.5 Å². The molecule has 0 aliphatic carbocycles. The van der Waals surface area contributed by atoms with E-state index < -0.39 is 18.5 Å². The fourth-order valence-electron chi connectivity index (χ4n) is 2.32. The van der Waals surface area contributed by atoms with Gasteiger partial charge in [0.1, 0.15) is 5.69 Å². The van der Waals surface area contributed by atoms with E-state index in [2.05, 4.69) is 15.5 Å². The summed E-state index contributed by atoms with van der Waals surface area (Å²) in [6, 6.07) is 14.6. The van der Waals surface area contributed by atoms with Gasteiger partial charge in [-0.05, 0) is 24.3 Å². The minimum Gasteiger partial charge on any atom is -0.451 e. The van der Waals surface area contributed by atoms with Crippen LogP contribution in [0.15, 0.2) is 60.8 Å². The second-order valence-electron chi connectivity index (χ2n) is 5.48. The standard InChI is InChI=1S/C19H14ClN3O4/c20-13-6-7-15(14(10-13)18(25)12-4-2-1-3-5-12)22-17(24)11-27-19(26)16-8-9-21-23-16/h1-10H,11H2,(H,21,23)(H,22,24). The summed E-state index contributed by atoms with van der Waals surface area (Å²) in [7, 11) is 0. The number of hydrogen-bond donors (Lipinski definition) is 2. The molecule has 0 aliphatic heterocycles. The van der Waals surface area contributed by atoms with Gasteiger partial charge >= 0.3 is 5.97 Å². The number of benzene rings is 2. The molecular weight excluding hydrogens is 370 g/mol. The van der Waals surface area contributed by atoms with Crippen molar-refractivity contribution < 1.29 is 19.1 Å². The molecule has 3 aromatic rings. The van der Waals surface area contributed by atoms with Crippen LogP contribution in [0, 0.1) is 0 Å². The van der Waals surface area contributed by atoms with Gasteiger partial charge in [0.15, 0.2) is 12.4 Å². The molecule has 1 heterocycles. The first-order valence-corrected chi connectivity index (χ1v) is 8.28. The van der Waals surface area contributed by atoms with Crippen LogP contribution in [0.3, 0.4) is 0 Å². The Kier molecular flexibility index (Phi) is 5.63. The Bertz CT molecular complexity index is 972. The summed E-state index contributed by atoms with van der Waals surface area (Å²) in [5.74, 6) is -1.59. The molecule has 3 rings (SSSR count). The van der Waals surface area contributed by atoms with Gasteiger partial charge in [0.05, 0.1) is 5.69 Å². The number of aromatic nitrogens is 2. The molecule has 136 valence electrons. The second-order valence-corrected chi connectivity index (χ2v) is 5.92. The molecule has 2 N–H and O–H groups in total. The van der Waals surface area contributed by atoms with Crippen molar-refractivity contribution in [1.29, 1.82) is 0 Å². The third-order valence-electron chi connectivity index (χ3n) is 3.59. The fraction of sp³-hybridized carbons (Fsp3) is 0.0526. The molecule has 0 saturated carbocycles. The van der Waals surface area contributed by atoms with Crippen LogP contribution in [0.5, 0.6) is 0 Å². The van der Waals surface area contributed by atoms with E-state index >= 15 is 0 Å². The van der Waals surface area contributed by atoms with E-state index in [4.69, 9.17) is 16.3 Å². The number of amides is 1. The summed E-state index contributed by atoms with van der Waals surface area (Å²) >= 11 is 6.00. The Morgan fingerprint density at radius 2 is 1.85 bits per heavy atom. The maximum atomic E-state index is 12.7. The summed E-state index contributed by atoms with van der Waals surface area (Å²) in [4.78, 5) is 36.6. The number of rotatable bonds is 6. The molecule has 2 aromatic carbocycles. The molecule has 0 unspecified atom stereocenters. The van der Waals surface area contributed by atoms with E-state index in [-0.39, 0.29) is 22.7 Å². The molecule has 0 bridgehead atoms. The van der Waals surface area contributed by atoms with Crippen molar-refractivity contribution >= 4 is 34.9 Å². The lowest BCUT2D eigenvalue weighted by Crippen LogP contribution is -2.22. The Labute approximate surface area is 159 Å².